The van der Waals surface area contributed by atoms with E-state index in [4.69, 9.17) is 35.2 Å². The molecule has 3 aromatic carbocycles. The number of halogens is 1. The Morgan fingerprint density at radius 1 is 1.07 bits per heavy atom. The molecule has 208 valence electrons. The largest absolute Gasteiger partial charge is 0.493 e. The summed E-state index contributed by atoms with van der Waals surface area (Å²) in [6, 6.07) is 19.3. The van der Waals surface area contributed by atoms with E-state index in [-0.39, 0.29) is 23.9 Å². The summed E-state index contributed by atoms with van der Waals surface area (Å²) in [5.74, 6) is 1.32. The third-order valence-electron chi connectivity index (χ3n) is 6.68. The fourth-order valence-electron chi connectivity index (χ4n) is 4.57. The van der Waals surface area contributed by atoms with Crippen LogP contribution in [0.5, 0.6) is 11.5 Å². The van der Waals surface area contributed by atoms with Crippen LogP contribution in [0, 0.1) is 0 Å². The predicted molar refractivity (Wildman–Crippen MR) is 155 cm³/mol. The number of morpholine rings is 1. The first-order chi connectivity index (χ1) is 20.0. The lowest BCUT2D eigenvalue weighted by Gasteiger charge is -2.26. The van der Waals surface area contributed by atoms with E-state index in [9.17, 15) is 9.59 Å². The Hall–Kier alpha value is -4.67. The van der Waals surface area contributed by atoms with Gasteiger partial charge in [-0.1, -0.05) is 23.7 Å². The number of carbonyl (C=O) groups excluding carboxylic acids is 1. The molecule has 1 saturated heterocycles. The Morgan fingerprint density at radius 2 is 1.90 bits per heavy atom. The van der Waals surface area contributed by atoms with Crippen LogP contribution < -0.4 is 15.0 Å². The van der Waals surface area contributed by atoms with Gasteiger partial charge in [-0.3, -0.25) is 9.59 Å². The van der Waals surface area contributed by atoms with Gasteiger partial charge in [0, 0.05) is 23.5 Å². The molecule has 2 aromatic heterocycles. The molecule has 41 heavy (non-hydrogen) atoms. The third kappa shape index (κ3) is 5.52. The van der Waals surface area contributed by atoms with Gasteiger partial charge in [0.2, 0.25) is 5.82 Å². The van der Waals surface area contributed by atoms with E-state index in [2.05, 4.69) is 5.10 Å². The fourth-order valence-corrected chi connectivity index (χ4v) is 4.75. The Balaban J connectivity index is 1.32. The molecular formula is C30H25ClN4O6. The van der Waals surface area contributed by atoms with Crippen molar-refractivity contribution < 1.29 is 23.4 Å². The lowest BCUT2D eigenvalue weighted by Crippen LogP contribution is -2.43. The molecule has 6 rings (SSSR count). The Morgan fingerprint density at radius 3 is 2.73 bits per heavy atom. The number of nitrogens with zero attached hydrogens (tertiary/aromatic N) is 4. The van der Waals surface area contributed by atoms with Crippen molar-refractivity contribution in [2.75, 3.05) is 40.0 Å². The van der Waals surface area contributed by atoms with Crippen LogP contribution in [-0.4, -0.2) is 66.7 Å². The van der Waals surface area contributed by atoms with E-state index in [0.717, 1.165) is 5.39 Å². The van der Waals surface area contributed by atoms with Crippen LogP contribution in [0.4, 0.5) is 0 Å². The first-order valence-corrected chi connectivity index (χ1v) is 13.3. The number of hydrogen-bond donors (Lipinski definition) is 0. The molecule has 0 radical (unpaired) electrons. The van der Waals surface area contributed by atoms with Crippen molar-refractivity contribution in [3.8, 4) is 23.1 Å². The number of benzene rings is 3. The summed E-state index contributed by atoms with van der Waals surface area (Å²) in [5.41, 5.74) is 1.41. The lowest BCUT2D eigenvalue weighted by atomic mass is 10.2. The summed E-state index contributed by atoms with van der Waals surface area (Å²) in [4.78, 5) is 32.4. The number of hydrogen-bond acceptors (Lipinski definition) is 8. The van der Waals surface area contributed by atoms with Gasteiger partial charge in [-0.05, 0) is 60.2 Å². The smallest absolute Gasteiger partial charge is 0.282 e. The molecule has 0 saturated carbocycles. The molecule has 10 nitrogen and oxygen atoms in total. The molecule has 5 aromatic rings. The van der Waals surface area contributed by atoms with Crippen molar-refractivity contribution >= 4 is 45.6 Å². The van der Waals surface area contributed by atoms with Crippen LogP contribution >= 0.6 is 11.6 Å². The van der Waals surface area contributed by atoms with Gasteiger partial charge < -0.3 is 23.5 Å². The summed E-state index contributed by atoms with van der Waals surface area (Å²) in [7, 11) is 1.51. The summed E-state index contributed by atoms with van der Waals surface area (Å²) in [6.07, 6.45) is 1.52. The monoisotopic (exact) mass is 572 g/mol. The zero-order chi connectivity index (χ0) is 28.3. The van der Waals surface area contributed by atoms with E-state index in [1.165, 1.54) is 18.0 Å². The highest BCUT2D eigenvalue weighted by molar-refractivity contribution is 6.31. The van der Waals surface area contributed by atoms with E-state index < -0.39 is 0 Å². The van der Waals surface area contributed by atoms with Crippen LogP contribution in [0.1, 0.15) is 5.56 Å². The van der Waals surface area contributed by atoms with Gasteiger partial charge in [0.15, 0.2) is 23.9 Å². The van der Waals surface area contributed by atoms with E-state index in [1.807, 2.05) is 6.07 Å². The summed E-state index contributed by atoms with van der Waals surface area (Å²) >= 11 is 6.15. The van der Waals surface area contributed by atoms with Gasteiger partial charge >= 0.3 is 0 Å². The van der Waals surface area contributed by atoms with Crippen molar-refractivity contribution in [1.82, 2.24) is 14.6 Å². The van der Waals surface area contributed by atoms with E-state index in [1.54, 1.807) is 65.6 Å². The maximum absolute atomic E-state index is 13.5. The van der Waals surface area contributed by atoms with Gasteiger partial charge in [0.05, 0.1) is 37.4 Å². The fraction of sp³-hybridized carbons (Fsp3) is 0.200. The molecule has 0 N–H and O–H groups in total. The topological polar surface area (TPSA) is 108 Å². The average molecular weight is 573 g/mol. The molecule has 0 bridgehead atoms. The molecule has 1 aliphatic heterocycles. The summed E-state index contributed by atoms with van der Waals surface area (Å²) < 4.78 is 23.8. The van der Waals surface area contributed by atoms with Crippen LogP contribution in [0.2, 0.25) is 5.02 Å². The molecule has 1 amide bonds. The van der Waals surface area contributed by atoms with Crippen molar-refractivity contribution in [2.24, 2.45) is 5.10 Å². The normalized spacial score (nSPS) is 13.8. The number of carbonyl (C=O) groups is 1. The highest BCUT2D eigenvalue weighted by Crippen LogP contribution is 2.30. The Labute approximate surface area is 239 Å². The number of furan rings is 1. The second kappa shape index (κ2) is 11.4. The standard InChI is InChI=1S/C30H25ClN4O6/c1-38-26-14-19(6-8-25(26)40-18-28(36)34-10-12-39-13-11-34)17-32-35-29(33-23-5-3-2-4-22(23)30(35)37)27-16-20-15-21(31)7-9-24(20)41-27/h2-9,14-17H,10-13,18H2,1H3. The third-order valence-corrected chi connectivity index (χ3v) is 6.91. The van der Waals surface area contributed by atoms with Gasteiger partial charge in [0.1, 0.15) is 5.58 Å². The van der Waals surface area contributed by atoms with Crippen molar-refractivity contribution in [1.29, 1.82) is 0 Å². The minimum absolute atomic E-state index is 0.117. The number of fused-ring (bicyclic) bond motifs is 2. The van der Waals surface area contributed by atoms with Crippen molar-refractivity contribution in [3.63, 3.8) is 0 Å². The quantitative estimate of drug-likeness (QED) is 0.262. The van der Waals surface area contributed by atoms with Crippen LogP contribution in [-0.2, 0) is 9.53 Å². The number of amides is 1. The maximum atomic E-state index is 13.5. The minimum Gasteiger partial charge on any atom is -0.493 e. The highest BCUT2D eigenvalue weighted by Gasteiger charge is 2.19. The highest BCUT2D eigenvalue weighted by atomic mass is 35.5. The number of methoxy groups -OCH3 is 1. The average Bonchev–Trinajstić information content (AvgIpc) is 3.43. The lowest BCUT2D eigenvalue weighted by molar-refractivity contribution is -0.137. The molecule has 0 unspecified atom stereocenters. The zero-order valence-electron chi connectivity index (χ0n) is 22.1. The zero-order valence-corrected chi connectivity index (χ0v) is 22.8. The number of aromatic nitrogens is 2. The second-order valence-corrected chi connectivity index (χ2v) is 9.74. The molecule has 0 atom stereocenters. The number of rotatable bonds is 7. The molecular weight excluding hydrogens is 548 g/mol. The van der Waals surface area contributed by atoms with E-state index >= 15 is 0 Å². The summed E-state index contributed by atoms with van der Waals surface area (Å²) in [6.45, 7) is 2.01. The molecule has 0 aliphatic carbocycles. The molecule has 1 aliphatic rings. The van der Waals surface area contributed by atoms with Crippen LogP contribution in [0.25, 0.3) is 33.5 Å². The van der Waals surface area contributed by atoms with Crippen molar-refractivity contribution in [3.05, 3.63) is 87.7 Å². The van der Waals surface area contributed by atoms with Gasteiger partial charge in [-0.15, -0.1) is 0 Å². The van der Waals surface area contributed by atoms with Crippen LogP contribution in [0.3, 0.4) is 0 Å². The minimum atomic E-state index is -0.353. The first kappa shape index (κ1) is 26.5. The molecule has 0 spiro atoms. The van der Waals surface area contributed by atoms with E-state index in [0.29, 0.717) is 70.6 Å². The van der Waals surface area contributed by atoms with Crippen LogP contribution in [0.15, 0.2) is 81.0 Å². The predicted octanol–water partition coefficient (Wildman–Crippen LogP) is 4.59. The SMILES string of the molecule is COc1cc(C=Nn2c(-c3cc4cc(Cl)ccc4o3)nc3ccccc3c2=O)ccc1OCC(=O)N1CCOCC1. The first-order valence-electron chi connectivity index (χ1n) is 12.9. The second-order valence-electron chi connectivity index (χ2n) is 9.30. The summed E-state index contributed by atoms with van der Waals surface area (Å²) in [5, 5.41) is 6.25. The molecule has 11 heteroatoms. The molecule has 1 fully saturated rings. The Kier molecular flexibility index (Phi) is 7.41. The maximum Gasteiger partial charge on any atom is 0.282 e. The van der Waals surface area contributed by atoms with Crippen molar-refractivity contribution in [2.45, 2.75) is 0 Å². The Bertz CT molecular complexity index is 1840. The van der Waals surface area contributed by atoms with Gasteiger partial charge in [0.25, 0.3) is 11.5 Å². The number of para-hydroxylation sites is 1. The number of ether oxygens (including phenoxy) is 3. The van der Waals surface area contributed by atoms with Gasteiger partial charge in [-0.25, -0.2) is 4.98 Å². The van der Waals surface area contributed by atoms with Gasteiger partial charge in [-0.2, -0.15) is 9.78 Å². The molecule has 3 heterocycles.